The number of sulfone groups is 1. The molecule has 1 N–H and O–H groups in total. The zero-order valence-corrected chi connectivity index (χ0v) is 14.8. The van der Waals surface area contributed by atoms with Gasteiger partial charge in [-0.15, -0.1) is 0 Å². The van der Waals surface area contributed by atoms with Gasteiger partial charge in [0.15, 0.2) is 9.84 Å². The Labute approximate surface area is 142 Å². The Kier molecular flexibility index (Phi) is 6.30. The molecule has 1 heterocycles. The van der Waals surface area contributed by atoms with Crippen LogP contribution >= 0.6 is 11.6 Å². The molecule has 0 aromatic heterocycles. The maximum absolute atomic E-state index is 11.7. The molecule has 1 aromatic carbocycles. The van der Waals surface area contributed by atoms with Crippen molar-refractivity contribution in [1.82, 2.24) is 5.32 Å². The maximum atomic E-state index is 11.7. The summed E-state index contributed by atoms with van der Waals surface area (Å²) in [5.41, 5.74) is 0.952. The number of hydrogen-bond donors (Lipinski definition) is 1. The van der Waals surface area contributed by atoms with Crippen LogP contribution in [0.3, 0.4) is 0 Å². The number of aryl methyl sites for hydroxylation is 1. The first-order valence-electron chi connectivity index (χ1n) is 7.72. The molecule has 5 nitrogen and oxygen atoms in total. The third kappa shape index (κ3) is 6.03. The number of carbonyl (C=O) groups is 1. The van der Waals surface area contributed by atoms with Gasteiger partial charge < -0.3 is 10.1 Å². The SMILES string of the molecule is Cc1cc(OCCCC(=O)NCC2CCS(=O)(=O)C2)ccc1Cl. The van der Waals surface area contributed by atoms with Crippen molar-refractivity contribution >= 4 is 27.3 Å². The van der Waals surface area contributed by atoms with Gasteiger partial charge in [0.05, 0.1) is 18.1 Å². The van der Waals surface area contributed by atoms with Crippen molar-refractivity contribution in [3.05, 3.63) is 28.8 Å². The van der Waals surface area contributed by atoms with E-state index in [1.165, 1.54) is 0 Å². The van der Waals surface area contributed by atoms with Crippen molar-refractivity contribution in [2.24, 2.45) is 5.92 Å². The van der Waals surface area contributed by atoms with Crippen LogP contribution < -0.4 is 10.1 Å². The highest BCUT2D eigenvalue weighted by Crippen LogP contribution is 2.21. The van der Waals surface area contributed by atoms with Gasteiger partial charge in [0.2, 0.25) is 5.91 Å². The highest BCUT2D eigenvalue weighted by atomic mass is 35.5. The summed E-state index contributed by atoms with van der Waals surface area (Å²) in [6, 6.07) is 5.45. The molecule has 7 heteroatoms. The van der Waals surface area contributed by atoms with Gasteiger partial charge in [0, 0.05) is 18.0 Å². The van der Waals surface area contributed by atoms with Crippen LogP contribution in [0.2, 0.25) is 5.02 Å². The van der Waals surface area contributed by atoms with E-state index in [1.807, 2.05) is 13.0 Å². The molecule has 1 amide bonds. The summed E-state index contributed by atoms with van der Waals surface area (Å²) < 4.78 is 28.3. The first kappa shape index (κ1) is 18.1. The number of halogens is 1. The molecule has 1 aliphatic heterocycles. The number of rotatable bonds is 7. The monoisotopic (exact) mass is 359 g/mol. The predicted octanol–water partition coefficient (Wildman–Crippen LogP) is 2.36. The second kappa shape index (κ2) is 8.02. The third-order valence-corrected chi connectivity index (χ3v) is 6.12. The minimum absolute atomic E-state index is 0.0530. The summed E-state index contributed by atoms with van der Waals surface area (Å²) in [6.07, 6.45) is 1.62. The Bertz CT molecular complexity index is 660. The van der Waals surface area contributed by atoms with E-state index in [4.69, 9.17) is 16.3 Å². The smallest absolute Gasteiger partial charge is 0.220 e. The highest BCUT2D eigenvalue weighted by Gasteiger charge is 2.27. The number of amides is 1. The van der Waals surface area contributed by atoms with E-state index in [0.29, 0.717) is 37.4 Å². The Hall–Kier alpha value is -1.27. The fourth-order valence-corrected chi connectivity index (χ4v) is 4.49. The van der Waals surface area contributed by atoms with Crippen LogP contribution in [-0.2, 0) is 14.6 Å². The van der Waals surface area contributed by atoms with Crippen molar-refractivity contribution in [2.75, 3.05) is 24.7 Å². The summed E-state index contributed by atoms with van der Waals surface area (Å²) in [7, 11) is -2.88. The molecule has 23 heavy (non-hydrogen) atoms. The van der Waals surface area contributed by atoms with Crippen LogP contribution in [0.1, 0.15) is 24.8 Å². The second-order valence-corrected chi connectivity index (χ2v) is 8.57. The molecule has 1 aliphatic rings. The molecule has 1 unspecified atom stereocenters. The van der Waals surface area contributed by atoms with Crippen LogP contribution in [0, 0.1) is 12.8 Å². The fraction of sp³-hybridized carbons (Fsp3) is 0.562. The molecule has 128 valence electrons. The molecular formula is C16H22ClNO4S. The van der Waals surface area contributed by atoms with Crippen LogP contribution in [0.5, 0.6) is 5.75 Å². The maximum Gasteiger partial charge on any atom is 0.220 e. The molecule has 0 spiro atoms. The normalized spacial score (nSPS) is 19.5. The van der Waals surface area contributed by atoms with E-state index >= 15 is 0 Å². The van der Waals surface area contributed by atoms with Gasteiger partial charge >= 0.3 is 0 Å². The summed E-state index contributed by atoms with van der Waals surface area (Å²) >= 11 is 5.94. The van der Waals surface area contributed by atoms with Crippen LogP contribution in [0.15, 0.2) is 18.2 Å². The molecule has 0 saturated carbocycles. The van der Waals surface area contributed by atoms with Gasteiger partial charge in [-0.1, -0.05) is 11.6 Å². The molecule has 2 rings (SSSR count). The quantitative estimate of drug-likeness (QED) is 0.758. The number of ether oxygens (including phenoxy) is 1. The minimum Gasteiger partial charge on any atom is -0.494 e. The summed E-state index contributed by atoms with van der Waals surface area (Å²) in [5, 5.41) is 3.50. The van der Waals surface area contributed by atoms with Crippen molar-refractivity contribution in [3.8, 4) is 5.75 Å². The molecule has 1 fully saturated rings. The molecule has 1 aromatic rings. The number of nitrogens with one attached hydrogen (secondary N) is 1. The first-order chi connectivity index (χ1) is 10.9. The zero-order chi connectivity index (χ0) is 16.9. The fourth-order valence-electron chi connectivity index (χ4n) is 2.51. The Morgan fingerprint density at radius 1 is 1.43 bits per heavy atom. The van der Waals surface area contributed by atoms with Crippen molar-refractivity contribution in [2.45, 2.75) is 26.2 Å². The highest BCUT2D eigenvalue weighted by molar-refractivity contribution is 7.91. The van der Waals surface area contributed by atoms with Gasteiger partial charge in [0.25, 0.3) is 0 Å². The standard InChI is InChI=1S/C16H22ClNO4S/c1-12-9-14(4-5-15(12)17)22-7-2-3-16(19)18-10-13-6-8-23(20,21)11-13/h4-5,9,13H,2-3,6-8,10-11H2,1H3,(H,18,19). The van der Waals surface area contributed by atoms with Crippen molar-refractivity contribution in [1.29, 1.82) is 0 Å². The second-order valence-electron chi connectivity index (χ2n) is 5.94. The predicted molar refractivity (Wildman–Crippen MR) is 90.7 cm³/mol. The topological polar surface area (TPSA) is 72.5 Å². The van der Waals surface area contributed by atoms with Crippen LogP contribution in [-0.4, -0.2) is 39.0 Å². The number of benzene rings is 1. The Balaban J connectivity index is 1.60. The molecule has 1 atom stereocenters. The molecular weight excluding hydrogens is 338 g/mol. The minimum atomic E-state index is -2.88. The lowest BCUT2D eigenvalue weighted by atomic mass is 10.1. The Morgan fingerprint density at radius 3 is 2.87 bits per heavy atom. The summed E-state index contributed by atoms with van der Waals surface area (Å²) in [5.74, 6) is 1.15. The van der Waals surface area contributed by atoms with E-state index in [0.717, 1.165) is 11.3 Å². The largest absolute Gasteiger partial charge is 0.494 e. The van der Waals surface area contributed by atoms with Gasteiger partial charge in [-0.3, -0.25) is 4.79 Å². The molecule has 0 radical (unpaired) electrons. The van der Waals surface area contributed by atoms with E-state index in [9.17, 15) is 13.2 Å². The van der Waals surface area contributed by atoms with E-state index < -0.39 is 9.84 Å². The lowest BCUT2D eigenvalue weighted by Gasteiger charge is -2.10. The van der Waals surface area contributed by atoms with E-state index in [1.54, 1.807) is 12.1 Å². The molecule has 1 saturated heterocycles. The molecule has 0 aliphatic carbocycles. The van der Waals surface area contributed by atoms with E-state index in [2.05, 4.69) is 5.32 Å². The van der Waals surface area contributed by atoms with Crippen LogP contribution in [0.25, 0.3) is 0 Å². The van der Waals surface area contributed by atoms with Gasteiger partial charge in [-0.05, 0) is 49.4 Å². The molecule has 0 bridgehead atoms. The summed E-state index contributed by atoms with van der Waals surface area (Å²) in [6.45, 7) is 2.80. The van der Waals surface area contributed by atoms with Crippen molar-refractivity contribution < 1.29 is 17.9 Å². The lowest BCUT2D eigenvalue weighted by molar-refractivity contribution is -0.121. The van der Waals surface area contributed by atoms with Gasteiger partial charge in [-0.25, -0.2) is 8.42 Å². The first-order valence-corrected chi connectivity index (χ1v) is 9.92. The third-order valence-electron chi connectivity index (χ3n) is 3.86. The van der Waals surface area contributed by atoms with Crippen molar-refractivity contribution in [3.63, 3.8) is 0 Å². The zero-order valence-electron chi connectivity index (χ0n) is 13.2. The average molecular weight is 360 g/mol. The number of hydrogen-bond acceptors (Lipinski definition) is 4. The van der Waals surface area contributed by atoms with E-state index in [-0.39, 0.29) is 23.3 Å². The lowest BCUT2D eigenvalue weighted by Crippen LogP contribution is -2.29. The van der Waals surface area contributed by atoms with Gasteiger partial charge in [0.1, 0.15) is 5.75 Å². The van der Waals surface area contributed by atoms with Crippen LogP contribution in [0.4, 0.5) is 0 Å². The summed E-state index contributed by atoms with van der Waals surface area (Å²) in [4.78, 5) is 11.7. The Morgan fingerprint density at radius 2 is 2.22 bits per heavy atom. The van der Waals surface area contributed by atoms with Gasteiger partial charge in [-0.2, -0.15) is 0 Å². The average Bonchev–Trinajstić information content (AvgIpc) is 2.84. The number of carbonyl (C=O) groups excluding carboxylic acids is 1.